The number of cyclic esters (lactones) is 1. The molecule has 0 aromatic heterocycles. The molecule has 1 aliphatic rings. The lowest BCUT2D eigenvalue weighted by Crippen LogP contribution is -2.54. The fourth-order valence-electron chi connectivity index (χ4n) is 2.11. The fourth-order valence-corrected chi connectivity index (χ4v) is 2.11. The third kappa shape index (κ3) is 2.58. The van der Waals surface area contributed by atoms with Crippen molar-refractivity contribution in [2.24, 2.45) is 0 Å². The van der Waals surface area contributed by atoms with Gasteiger partial charge in [-0.2, -0.15) is 0 Å². The summed E-state index contributed by atoms with van der Waals surface area (Å²) in [5.74, 6) is 0. The van der Waals surface area contributed by atoms with E-state index in [9.17, 15) is 9.90 Å². The number of aliphatic hydroxyl groups is 1. The lowest BCUT2D eigenvalue weighted by Gasteiger charge is -2.37. The molecule has 4 nitrogen and oxygen atoms in total. The number of amides is 1. The fraction of sp³-hybridized carbons (Fsp3) is 0.643. The van der Waals surface area contributed by atoms with Gasteiger partial charge in [0.1, 0.15) is 0 Å². The molecule has 0 aromatic rings. The van der Waals surface area contributed by atoms with E-state index in [4.69, 9.17) is 4.74 Å². The van der Waals surface area contributed by atoms with Crippen LogP contribution >= 0.6 is 0 Å². The number of ether oxygens (including phenoxy) is 1. The minimum Gasteiger partial charge on any atom is -0.438 e. The highest BCUT2D eigenvalue weighted by Crippen LogP contribution is 2.40. The largest absolute Gasteiger partial charge is 0.438 e. The maximum absolute atomic E-state index is 11.8. The molecule has 1 aliphatic heterocycles. The molecule has 1 amide bonds. The Morgan fingerprint density at radius 3 is 2.61 bits per heavy atom. The van der Waals surface area contributed by atoms with Crippen LogP contribution in [-0.4, -0.2) is 34.0 Å². The Kier molecular flexibility index (Phi) is 4.22. The van der Waals surface area contributed by atoms with Gasteiger partial charge < -0.3 is 9.84 Å². The number of carbonyl (C=O) groups excluding carboxylic acids is 1. The normalized spacial score (nSPS) is 31.2. The summed E-state index contributed by atoms with van der Waals surface area (Å²) < 4.78 is 5.37. The molecule has 1 heterocycles. The van der Waals surface area contributed by atoms with E-state index in [0.717, 1.165) is 6.42 Å². The quantitative estimate of drug-likeness (QED) is 0.766. The van der Waals surface area contributed by atoms with Crippen LogP contribution in [0.5, 0.6) is 0 Å². The minimum atomic E-state index is -1.31. The number of carbonyl (C=O) groups is 1. The number of rotatable bonds is 5. The van der Waals surface area contributed by atoms with E-state index in [1.807, 2.05) is 13.8 Å². The van der Waals surface area contributed by atoms with E-state index in [-0.39, 0.29) is 6.54 Å². The van der Waals surface area contributed by atoms with Gasteiger partial charge in [0, 0.05) is 6.54 Å². The van der Waals surface area contributed by atoms with Crippen LogP contribution in [0, 0.1) is 0 Å². The van der Waals surface area contributed by atoms with Crippen LogP contribution in [0.15, 0.2) is 24.3 Å². The van der Waals surface area contributed by atoms with E-state index >= 15 is 0 Å². The maximum atomic E-state index is 11.8. The van der Waals surface area contributed by atoms with Crippen LogP contribution in [0.4, 0.5) is 4.79 Å². The van der Waals surface area contributed by atoms with Crippen LogP contribution in [0.3, 0.4) is 0 Å². The Hall–Kier alpha value is -1.29. The molecule has 4 heteroatoms. The van der Waals surface area contributed by atoms with Gasteiger partial charge in [-0.3, -0.25) is 4.90 Å². The first kappa shape index (κ1) is 14.8. The predicted octanol–water partition coefficient (Wildman–Crippen LogP) is 2.84. The predicted molar refractivity (Wildman–Crippen MR) is 71.1 cm³/mol. The molecular formula is C14H23NO3. The van der Waals surface area contributed by atoms with Crippen molar-refractivity contribution in [3.05, 3.63) is 24.3 Å². The van der Waals surface area contributed by atoms with Gasteiger partial charge in [-0.05, 0) is 40.5 Å². The standard InChI is InChI=1S/C14H23NO3/c1-6-10-15-12(16)18-13(4,14(15,5)17)9-7-8-11(2)3/h6,8,17H,1,7,9-10H2,2-5H3/t13-,14+/m0/s1. The zero-order valence-electron chi connectivity index (χ0n) is 11.7. The summed E-state index contributed by atoms with van der Waals surface area (Å²) in [6, 6.07) is 0. The maximum Gasteiger partial charge on any atom is 0.413 e. The van der Waals surface area contributed by atoms with E-state index < -0.39 is 17.4 Å². The zero-order valence-corrected chi connectivity index (χ0v) is 11.7. The number of hydrogen-bond acceptors (Lipinski definition) is 3. The van der Waals surface area contributed by atoms with Gasteiger partial charge in [0.05, 0.1) is 0 Å². The van der Waals surface area contributed by atoms with E-state index in [1.54, 1.807) is 19.9 Å². The highest BCUT2D eigenvalue weighted by molar-refractivity contribution is 5.72. The molecule has 102 valence electrons. The van der Waals surface area contributed by atoms with Gasteiger partial charge in [0.15, 0.2) is 11.3 Å². The summed E-state index contributed by atoms with van der Waals surface area (Å²) in [6.07, 6.45) is 4.53. The van der Waals surface area contributed by atoms with Crippen molar-refractivity contribution >= 4 is 6.09 Å². The molecule has 0 bridgehead atoms. The Bertz CT molecular complexity index is 369. The first-order valence-corrected chi connectivity index (χ1v) is 6.22. The second-order valence-electron chi connectivity index (χ2n) is 5.34. The van der Waals surface area contributed by atoms with Crippen LogP contribution < -0.4 is 0 Å². The SMILES string of the molecule is C=CCN1C(=O)O[C@@](C)(CCC=C(C)C)[C@@]1(C)O. The van der Waals surface area contributed by atoms with Crippen molar-refractivity contribution in [3.63, 3.8) is 0 Å². The van der Waals surface area contributed by atoms with Crippen molar-refractivity contribution in [2.45, 2.75) is 51.9 Å². The van der Waals surface area contributed by atoms with Crippen LogP contribution in [0.1, 0.15) is 40.5 Å². The molecular weight excluding hydrogens is 230 g/mol. The first-order chi connectivity index (χ1) is 8.24. The molecule has 1 fully saturated rings. The number of allylic oxidation sites excluding steroid dienone is 2. The Morgan fingerprint density at radius 2 is 2.11 bits per heavy atom. The molecule has 0 spiro atoms. The van der Waals surface area contributed by atoms with Crippen LogP contribution in [-0.2, 0) is 4.74 Å². The van der Waals surface area contributed by atoms with Crippen molar-refractivity contribution in [2.75, 3.05) is 6.54 Å². The molecule has 0 unspecified atom stereocenters. The summed E-state index contributed by atoms with van der Waals surface area (Å²) in [4.78, 5) is 13.1. The molecule has 0 saturated carbocycles. The van der Waals surface area contributed by atoms with Crippen molar-refractivity contribution in [1.29, 1.82) is 0 Å². The van der Waals surface area contributed by atoms with E-state index in [2.05, 4.69) is 12.7 Å². The zero-order chi connectivity index (χ0) is 14.0. The topological polar surface area (TPSA) is 49.8 Å². The van der Waals surface area contributed by atoms with Gasteiger partial charge in [-0.15, -0.1) is 6.58 Å². The Balaban J connectivity index is 2.85. The summed E-state index contributed by atoms with van der Waals surface area (Å²) in [7, 11) is 0. The summed E-state index contributed by atoms with van der Waals surface area (Å²) >= 11 is 0. The molecule has 18 heavy (non-hydrogen) atoms. The second-order valence-corrected chi connectivity index (χ2v) is 5.34. The lowest BCUT2D eigenvalue weighted by atomic mass is 9.88. The Labute approximate surface area is 109 Å². The van der Waals surface area contributed by atoms with Crippen LogP contribution in [0.25, 0.3) is 0 Å². The smallest absolute Gasteiger partial charge is 0.413 e. The molecule has 2 atom stereocenters. The van der Waals surface area contributed by atoms with Gasteiger partial charge in [0.25, 0.3) is 0 Å². The molecule has 1 saturated heterocycles. The lowest BCUT2D eigenvalue weighted by molar-refractivity contribution is -0.136. The molecule has 0 aliphatic carbocycles. The third-order valence-electron chi connectivity index (χ3n) is 3.55. The first-order valence-electron chi connectivity index (χ1n) is 6.22. The van der Waals surface area contributed by atoms with Gasteiger partial charge in [0.2, 0.25) is 0 Å². The van der Waals surface area contributed by atoms with Crippen LogP contribution in [0.2, 0.25) is 0 Å². The van der Waals surface area contributed by atoms with Gasteiger partial charge in [-0.1, -0.05) is 17.7 Å². The number of nitrogens with zero attached hydrogens (tertiary/aromatic N) is 1. The molecule has 1 N–H and O–H groups in total. The second kappa shape index (κ2) is 5.14. The van der Waals surface area contributed by atoms with Gasteiger partial charge >= 0.3 is 6.09 Å². The summed E-state index contributed by atoms with van der Waals surface area (Å²) in [5.41, 5.74) is -0.988. The highest BCUT2D eigenvalue weighted by Gasteiger charge is 2.58. The van der Waals surface area contributed by atoms with Crippen molar-refractivity contribution in [1.82, 2.24) is 4.90 Å². The van der Waals surface area contributed by atoms with E-state index in [0.29, 0.717) is 6.42 Å². The number of hydrogen-bond donors (Lipinski definition) is 1. The van der Waals surface area contributed by atoms with Crippen molar-refractivity contribution < 1.29 is 14.6 Å². The van der Waals surface area contributed by atoms with Gasteiger partial charge in [-0.25, -0.2) is 4.79 Å². The summed E-state index contributed by atoms with van der Waals surface area (Å²) in [5, 5.41) is 10.6. The third-order valence-corrected chi connectivity index (χ3v) is 3.55. The highest BCUT2D eigenvalue weighted by atomic mass is 16.6. The van der Waals surface area contributed by atoms with Crippen molar-refractivity contribution in [3.8, 4) is 0 Å². The molecule has 0 radical (unpaired) electrons. The van der Waals surface area contributed by atoms with E-state index in [1.165, 1.54) is 10.5 Å². The average Bonchev–Trinajstić information content (AvgIpc) is 2.39. The average molecular weight is 253 g/mol. The Morgan fingerprint density at radius 1 is 1.50 bits per heavy atom. The minimum absolute atomic E-state index is 0.282. The monoisotopic (exact) mass is 253 g/mol. The summed E-state index contributed by atoms with van der Waals surface area (Å²) in [6.45, 7) is 11.3. The molecule has 1 rings (SSSR count). The molecule has 0 aromatic carbocycles.